The molecule has 1 saturated heterocycles. The van der Waals surface area contributed by atoms with Crippen molar-refractivity contribution < 1.29 is 0 Å². The van der Waals surface area contributed by atoms with E-state index in [1.54, 1.807) is 0 Å². The molecule has 0 radical (unpaired) electrons. The Morgan fingerprint density at radius 2 is 1.74 bits per heavy atom. The lowest BCUT2D eigenvalue weighted by atomic mass is 10.1. The summed E-state index contributed by atoms with van der Waals surface area (Å²) in [5.74, 6) is 1.08. The third-order valence-corrected chi connectivity index (χ3v) is 4.31. The Hall–Kier alpha value is -1.91. The molecule has 1 aromatic heterocycles. The van der Waals surface area contributed by atoms with Crippen molar-refractivity contribution in [2.45, 2.75) is 25.9 Å². The summed E-state index contributed by atoms with van der Waals surface area (Å²) in [6.45, 7) is 7.30. The maximum atomic E-state index is 5.84. The molecule has 1 unspecified atom stereocenters. The molecule has 0 saturated carbocycles. The van der Waals surface area contributed by atoms with Gasteiger partial charge in [0, 0.05) is 45.0 Å². The standard InChI is InChI=1S/C19H26N4/c1-16(20)13-18-7-8-19(21-14-18)23-11-9-22(10-12-23)15-17-5-3-2-4-6-17/h2-8,14,16H,9-13,15,20H2,1H3. The van der Waals surface area contributed by atoms with Gasteiger partial charge in [-0.25, -0.2) is 4.98 Å². The number of piperazine rings is 1. The number of nitrogens with zero attached hydrogens (tertiary/aromatic N) is 3. The van der Waals surface area contributed by atoms with E-state index in [4.69, 9.17) is 5.73 Å². The molecule has 1 aliphatic rings. The minimum atomic E-state index is 0.184. The average molecular weight is 310 g/mol. The summed E-state index contributed by atoms with van der Waals surface area (Å²) in [5, 5.41) is 0. The molecule has 122 valence electrons. The van der Waals surface area contributed by atoms with Crippen molar-refractivity contribution in [2.75, 3.05) is 31.1 Å². The lowest BCUT2D eigenvalue weighted by Crippen LogP contribution is -2.46. The van der Waals surface area contributed by atoms with E-state index in [0.29, 0.717) is 0 Å². The highest BCUT2D eigenvalue weighted by Gasteiger charge is 2.18. The van der Waals surface area contributed by atoms with E-state index in [2.05, 4.69) is 57.2 Å². The van der Waals surface area contributed by atoms with Crippen LogP contribution < -0.4 is 10.6 Å². The van der Waals surface area contributed by atoms with E-state index in [0.717, 1.165) is 45.0 Å². The molecule has 0 spiro atoms. The number of pyridine rings is 1. The number of hydrogen-bond acceptors (Lipinski definition) is 4. The van der Waals surface area contributed by atoms with Gasteiger partial charge in [-0.2, -0.15) is 0 Å². The third-order valence-electron chi connectivity index (χ3n) is 4.31. The lowest BCUT2D eigenvalue weighted by molar-refractivity contribution is 0.249. The van der Waals surface area contributed by atoms with Crippen molar-refractivity contribution in [3.05, 3.63) is 59.8 Å². The van der Waals surface area contributed by atoms with E-state index < -0.39 is 0 Å². The Balaban J connectivity index is 1.52. The molecule has 3 rings (SSSR count). The summed E-state index contributed by atoms with van der Waals surface area (Å²) in [6, 6.07) is 15.2. The van der Waals surface area contributed by atoms with Crippen LogP contribution in [0.3, 0.4) is 0 Å². The molecular formula is C19H26N4. The van der Waals surface area contributed by atoms with Crippen molar-refractivity contribution in [1.82, 2.24) is 9.88 Å². The molecule has 0 aliphatic carbocycles. The van der Waals surface area contributed by atoms with Crippen LogP contribution in [0.1, 0.15) is 18.1 Å². The smallest absolute Gasteiger partial charge is 0.128 e. The molecule has 2 heterocycles. The second kappa shape index (κ2) is 7.57. The Morgan fingerprint density at radius 1 is 1.00 bits per heavy atom. The van der Waals surface area contributed by atoms with Gasteiger partial charge in [-0.15, -0.1) is 0 Å². The first kappa shape index (κ1) is 16.0. The van der Waals surface area contributed by atoms with E-state index in [-0.39, 0.29) is 6.04 Å². The maximum Gasteiger partial charge on any atom is 0.128 e. The Kier molecular flexibility index (Phi) is 5.26. The summed E-state index contributed by atoms with van der Waals surface area (Å²) in [4.78, 5) is 9.50. The molecule has 1 aliphatic heterocycles. The molecule has 1 fully saturated rings. The monoisotopic (exact) mass is 310 g/mol. The minimum absolute atomic E-state index is 0.184. The first-order chi connectivity index (χ1) is 11.2. The predicted molar refractivity (Wildman–Crippen MR) is 95.5 cm³/mol. The topological polar surface area (TPSA) is 45.4 Å². The molecule has 2 N–H and O–H groups in total. The van der Waals surface area contributed by atoms with Gasteiger partial charge < -0.3 is 10.6 Å². The summed E-state index contributed by atoms with van der Waals surface area (Å²) >= 11 is 0. The molecular weight excluding hydrogens is 284 g/mol. The first-order valence-electron chi connectivity index (χ1n) is 8.42. The fourth-order valence-corrected chi connectivity index (χ4v) is 3.07. The lowest BCUT2D eigenvalue weighted by Gasteiger charge is -2.35. The zero-order valence-electron chi connectivity index (χ0n) is 13.9. The molecule has 2 aromatic rings. The van der Waals surface area contributed by atoms with Crippen molar-refractivity contribution in [3.8, 4) is 0 Å². The fraction of sp³-hybridized carbons (Fsp3) is 0.421. The highest BCUT2D eigenvalue weighted by molar-refractivity contribution is 5.40. The number of benzene rings is 1. The van der Waals surface area contributed by atoms with Crippen LogP contribution in [0.25, 0.3) is 0 Å². The Morgan fingerprint density at radius 3 is 2.35 bits per heavy atom. The number of anilines is 1. The van der Waals surface area contributed by atoms with Gasteiger partial charge in [-0.3, -0.25) is 4.90 Å². The van der Waals surface area contributed by atoms with Crippen LogP contribution in [0.2, 0.25) is 0 Å². The number of rotatable bonds is 5. The van der Waals surface area contributed by atoms with E-state index in [9.17, 15) is 0 Å². The van der Waals surface area contributed by atoms with Gasteiger partial charge in [0.2, 0.25) is 0 Å². The van der Waals surface area contributed by atoms with Gasteiger partial charge in [0.05, 0.1) is 0 Å². The highest BCUT2D eigenvalue weighted by atomic mass is 15.3. The Bertz CT molecular complexity index is 587. The molecule has 4 nitrogen and oxygen atoms in total. The van der Waals surface area contributed by atoms with Crippen LogP contribution in [-0.4, -0.2) is 42.1 Å². The molecule has 0 amide bonds. The van der Waals surface area contributed by atoms with Crippen LogP contribution in [0.4, 0.5) is 5.82 Å². The fourth-order valence-electron chi connectivity index (χ4n) is 3.07. The number of nitrogens with two attached hydrogens (primary N) is 1. The highest BCUT2D eigenvalue weighted by Crippen LogP contribution is 2.16. The third kappa shape index (κ3) is 4.53. The van der Waals surface area contributed by atoms with E-state index in [1.807, 2.05) is 13.1 Å². The minimum Gasteiger partial charge on any atom is -0.354 e. The van der Waals surface area contributed by atoms with Crippen LogP contribution in [0, 0.1) is 0 Å². The van der Waals surface area contributed by atoms with Crippen molar-refractivity contribution in [3.63, 3.8) is 0 Å². The predicted octanol–water partition coefficient (Wildman–Crippen LogP) is 2.29. The van der Waals surface area contributed by atoms with Gasteiger partial charge in [-0.1, -0.05) is 36.4 Å². The summed E-state index contributed by atoms with van der Waals surface area (Å²) in [5.41, 5.74) is 8.44. The summed E-state index contributed by atoms with van der Waals surface area (Å²) < 4.78 is 0. The van der Waals surface area contributed by atoms with Gasteiger partial charge in [0.25, 0.3) is 0 Å². The molecule has 23 heavy (non-hydrogen) atoms. The van der Waals surface area contributed by atoms with E-state index in [1.165, 1.54) is 11.1 Å². The number of hydrogen-bond donors (Lipinski definition) is 1. The van der Waals surface area contributed by atoms with Crippen LogP contribution >= 0.6 is 0 Å². The van der Waals surface area contributed by atoms with Gasteiger partial charge in [0.15, 0.2) is 0 Å². The van der Waals surface area contributed by atoms with Gasteiger partial charge >= 0.3 is 0 Å². The van der Waals surface area contributed by atoms with Crippen LogP contribution in [-0.2, 0) is 13.0 Å². The van der Waals surface area contributed by atoms with Crippen molar-refractivity contribution in [1.29, 1.82) is 0 Å². The van der Waals surface area contributed by atoms with Crippen LogP contribution in [0.5, 0.6) is 0 Å². The number of aromatic nitrogens is 1. The second-order valence-electron chi connectivity index (χ2n) is 6.45. The quantitative estimate of drug-likeness (QED) is 0.920. The molecule has 4 heteroatoms. The summed E-state index contributed by atoms with van der Waals surface area (Å²) in [7, 11) is 0. The Labute approximate surface area is 138 Å². The normalized spacial score (nSPS) is 17.2. The van der Waals surface area contributed by atoms with Crippen molar-refractivity contribution in [2.24, 2.45) is 5.73 Å². The molecule has 1 aromatic carbocycles. The SMILES string of the molecule is CC(N)Cc1ccc(N2CCN(Cc3ccccc3)CC2)nc1. The largest absolute Gasteiger partial charge is 0.354 e. The molecule has 1 atom stereocenters. The van der Waals surface area contributed by atoms with E-state index >= 15 is 0 Å². The van der Waals surface area contributed by atoms with Crippen molar-refractivity contribution >= 4 is 5.82 Å². The zero-order valence-corrected chi connectivity index (χ0v) is 13.9. The first-order valence-corrected chi connectivity index (χ1v) is 8.42. The van der Waals surface area contributed by atoms with Crippen LogP contribution in [0.15, 0.2) is 48.7 Å². The molecule has 0 bridgehead atoms. The second-order valence-corrected chi connectivity index (χ2v) is 6.45. The van der Waals surface area contributed by atoms with Gasteiger partial charge in [-0.05, 0) is 30.5 Å². The van der Waals surface area contributed by atoms with Gasteiger partial charge in [0.1, 0.15) is 5.82 Å². The summed E-state index contributed by atoms with van der Waals surface area (Å²) in [6.07, 6.45) is 2.85. The average Bonchev–Trinajstić information content (AvgIpc) is 2.57. The maximum absolute atomic E-state index is 5.84. The zero-order chi connectivity index (χ0) is 16.1.